The van der Waals surface area contributed by atoms with E-state index in [2.05, 4.69) is 4.74 Å². The molecule has 1 fully saturated rings. The van der Waals surface area contributed by atoms with Crippen molar-refractivity contribution in [2.75, 3.05) is 26.2 Å². The first-order chi connectivity index (χ1) is 15.3. The highest BCUT2D eigenvalue weighted by Crippen LogP contribution is 2.23. The molecule has 0 unspecified atom stereocenters. The predicted molar refractivity (Wildman–Crippen MR) is 111 cm³/mol. The summed E-state index contributed by atoms with van der Waals surface area (Å²) >= 11 is 0. The smallest absolute Gasteiger partial charge is 0.451 e. The summed E-state index contributed by atoms with van der Waals surface area (Å²) in [7, 11) is 0. The molecule has 0 N–H and O–H groups in total. The molecule has 2 heterocycles. The highest BCUT2D eigenvalue weighted by Gasteiger charge is 2.31. The number of para-hydroxylation sites is 1. The van der Waals surface area contributed by atoms with Crippen molar-refractivity contribution in [3.8, 4) is 5.75 Å². The minimum Gasteiger partial charge on any atom is -0.451 e. The van der Waals surface area contributed by atoms with Gasteiger partial charge < -0.3 is 19.0 Å². The first kappa shape index (κ1) is 21.5. The number of hydrogen-bond acceptors (Lipinski definition) is 4. The highest BCUT2D eigenvalue weighted by molar-refractivity contribution is 5.96. The number of piperazine rings is 1. The Balaban J connectivity index is 1.30. The molecule has 1 aromatic heterocycles. The van der Waals surface area contributed by atoms with E-state index in [9.17, 15) is 22.8 Å². The minimum absolute atomic E-state index is 0.218. The lowest BCUT2D eigenvalue weighted by atomic mass is 10.2. The summed E-state index contributed by atoms with van der Waals surface area (Å²) in [5, 5.41) is 0.854. The van der Waals surface area contributed by atoms with Crippen molar-refractivity contribution in [2.45, 2.75) is 6.36 Å². The van der Waals surface area contributed by atoms with Gasteiger partial charge in [0.25, 0.3) is 5.91 Å². The molecule has 1 aliphatic rings. The van der Waals surface area contributed by atoms with Crippen molar-refractivity contribution in [1.29, 1.82) is 0 Å². The normalized spacial score (nSPS) is 14.8. The summed E-state index contributed by atoms with van der Waals surface area (Å²) in [6.45, 7) is 1.48. The Labute approximate surface area is 181 Å². The van der Waals surface area contributed by atoms with Gasteiger partial charge in [-0.2, -0.15) is 0 Å². The number of nitrogens with zero attached hydrogens (tertiary/aromatic N) is 2. The molecule has 0 saturated carbocycles. The van der Waals surface area contributed by atoms with Crippen molar-refractivity contribution >= 4 is 28.9 Å². The van der Waals surface area contributed by atoms with Crippen LogP contribution in [0.2, 0.25) is 0 Å². The van der Waals surface area contributed by atoms with Crippen LogP contribution in [0.3, 0.4) is 0 Å². The quantitative estimate of drug-likeness (QED) is 0.562. The Hall–Kier alpha value is -3.75. The maximum atomic E-state index is 12.7. The van der Waals surface area contributed by atoms with Gasteiger partial charge in [0.05, 0.1) is 0 Å². The molecule has 32 heavy (non-hydrogen) atoms. The molecule has 1 aliphatic heterocycles. The number of rotatable bonds is 4. The Bertz CT molecular complexity index is 1110. The van der Waals surface area contributed by atoms with Crippen molar-refractivity contribution < 1.29 is 31.9 Å². The largest absolute Gasteiger partial charge is 0.573 e. The molecule has 0 spiro atoms. The second-order valence-electron chi connectivity index (χ2n) is 7.22. The number of furan rings is 1. The average molecular weight is 444 g/mol. The first-order valence-corrected chi connectivity index (χ1v) is 9.89. The second kappa shape index (κ2) is 8.78. The number of alkyl halides is 3. The highest BCUT2D eigenvalue weighted by atomic mass is 19.4. The predicted octanol–water partition coefficient (Wildman–Crippen LogP) is 4.33. The molecule has 9 heteroatoms. The van der Waals surface area contributed by atoms with Gasteiger partial charge in [-0.3, -0.25) is 9.59 Å². The standard InChI is InChI=1S/C23H19F3N2O4/c24-23(25,26)32-18-8-5-16(6-9-18)7-10-21(29)27-11-13-28(14-12-27)22(30)20-15-17-3-1-2-4-19(17)31-20/h1-10,15H,11-14H2/b10-7+. The van der Waals surface area contributed by atoms with Gasteiger partial charge in [-0.25, -0.2) is 0 Å². The number of fused-ring (bicyclic) bond motifs is 1. The van der Waals surface area contributed by atoms with E-state index >= 15 is 0 Å². The van der Waals surface area contributed by atoms with E-state index in [4.69, 9.17) is 4.42 Å². The fourth-order valence-electron chi connectivity index (χ4n) is 3.43. The molecule has 166 valence electrons. The summed E-state index contributed by atoms with van der Waals surface area (Å²) in [5.41, 5.74) is 1.21. The lowest BCUT2D eigenvalue weighted by Gasteiger charge is -2.33. The molecule has 6 nitrogen and oxygen atoms in total. The van der Waals surface area contributed by atoms with Gasteiger partial charge in [0.15, 0.2) is 5.76 Å². The SMILES string of the molecule is O=C(/C=C/c1ccc(OC(F)(F)F)cc1)N1CCN(C(=O)c2cc3ccccc3o2)CC1. The van der Waals surface area contributed by atoms with Crippen molar-refractivity contribution in [3.63, 3.8) is 0 Å². The Morgan fingerprint density at radius 1 is 0.938 bits per heavy atom. The number of carbonyl (C=O) groups is 2. The zero-order valence-electron chi connectivity index (χ0n) is 16.8. The number of amides is 2. The molecular formula is C23H19F3N2O4. The van der Waals surface area contributed by atoms with E-state index in [1.165, 1.54) is 36.4 Å². The molecule has 2 amide bonds. The van der Waals surface area contributed by atoms with E-state index in [-0.39, 0.29) is 23.3 Å². The van der Waals surface area contributed by atoms with Crippen molar-refractivity contribution in [3.05, 3.63) is 72.0 Å². The number of hydrogen-bond donors (Lipinski definition) is 0. The summed E-state index contributed by atoms with van der Waals surface area (Å²) in [4.78, 5) is 28.4. The van der Waals surface area contributed by atoms with E-state index < -0.39 is 6.36 Å². The molecule has 0 aliphatic carbocycles. The first-order valence-electron chi connectivity index (χ1n) is 9.89. The van der Waals surface area contributed by atoms with Gasteiger partial charge in [-0.1, -0.05) is 30.3 Å². The molecule has 1 saturated heterocycles. The van der Waals surface area contributed by atoms with Crippen LogP contribution in [0, 0.1) is 0 Å². The van der Waals surface area contributed by atoms with Crippen LogP contribution in [0.25, 0.3) is 17.0 Å². The Morgan fingerprint density at radius 2 is 1.59 bits per heavy atom. The van der Waals surface area contributed by atoms with Crippen LogP contribution in [0.5, 0.6) is 5.75 Å². The maximum absolute atomic E-state index is 12.7. The van der Waals surface area contributed by atoms with Crippen LogP contribution >= 0.6 is 0 Å². The van der Waals surface area contributed by atoms with E-state index in [1.807, 2.05) is 18.2 Å². The molecule has 0 radical (unpaired) electrons. The summed E-state index contributed by atoms with van der Waals surface area (Å²) in [5.74, 6) is -0.517. The zero-order chi connectivity index (χ0) is 22.7. The lowest BCUT2D eigenvalue weighted by Crippen LogP contribution is -2.50. The fraction of sp³-hybridized carbons (Fsp3) is 0.217. The van der Waals surface area contributed by atoms with E-state index in [0.29, 0.717) is 37.3 Å². The summed E-state index contributed by atoms with van der Waals surface area (Å²) < 4.78 is 46.1. The van der Waals surface area contributed by atoms with E-state index in [1.54, 1.807) is 21.9 Å². The Kier molecular flexibility index (Phi) is 5.89. The average Bonchev–Trinajstić information content (AvgIpc) is 3.21. The van der Waals surface area contributed by atoms with Gasteiger partial charge >= 0.3 is 6.36 Å². The summed E-state index contributed by atoms with van der Waals surface area (Å²) in [6, 6.07) is 14.3. The molecular weight excluding hydrogens is 425 g/mol. The van der Waals surface area contributed by atoms with Crippen LogP contribution < -0.4 is 4.74 Å². The lowest BCUT2D eigenvalue weighted by molar-refractivity contribution is -0.274. The minimum atomic E-state index is -4.75. The number of benzene rings is 2. The van der Waals surface area contributed by atoms with Gasteiger partial charge in [0.2, 0.25) is 5.91 Å². The third-order valence-electron chi connectivity index (χ3n) is 5.05. The van der Waals surface area contributed by atoms with Gasteiger partial charge in [-0.05, 0) is 35.9 Å². The Morgan fingerprint density at radius 3 is 2.25 bits per heavy atom. The number of halogens is 3. The molecule has 0 atom stereocenters. The third kappa shape index (κ3) is 5.11. The molecule has 0 bridgehead atoms. The fourth-order valence-corrected chi connectivity index (χ4v) is 3.43. The third-order valence-corrected chi connectivity index (χ3v) is 5.05. The van der Waals surface area contributed by atoms with Crippen LogP contribution in [0.15, 0.2) is 65.1 Å². The molecule has 4 rings (SSSR count). The topological polar surface area (TPSA) is 63.0 Å². The number of carbonyl (C=O) groups excluding carboxylic acids is 2. The number of ether oxygens (including phenoxy) is 1. The van der Waals surface area contributed by atoms with Gasteiger partial charge in [-0.15, -0.1) is 13.2 Å². The second-order valence-corrected chi connectivity index (χ2v) is 7.22. The van der Waals surface area contributed by atoms with Crippen LogP contribution in [-0.4, -0.2) is 54.2 Å². The van der Waals surface area contributed by atoms with Crippen molar-refractivity contribution in [2.24, 2.45) is 0 Å². The van der Waals surface area contributed by atoms with Crippen LogP contribution in [0.4, 0.5) is 13.2 Å². The maximum Gasteiger partial charge on any atom is 0.573 e. The van der Waals surface area contributed by atoms with Gasteiger partial charge in [0, 0.05) is 37.6 Å². The molecule has 2 aromatic carbocycles. The van der Waals surface area contributed by atoms with E-state index in [0.717, 1.165) is 5.39 Å². The van der Waals surface area contributed by atoms with Crippen LogP contribution in [0.1, 0.15) is 16.1 Å². The zero-order valence-corrected chi connectivity index (χ0v) is 16.8. The summed E-state index contributed by atoms with van der Waals surface area (Å²) in [6.07, 6.45) is -1.87. The molecule has 3 aromatic rings. The monoisotopic (exact) mass is 444 g/mol. The van der Waals surface area contributed by atoms with Gasteiger partial charge in [0.1, 0.15) is 11.3 Å². The van der Waals surface area contributed by atoms with Crippen LogP contribution in [-0.2, 0) is 4.79 Å². The van der Waals surface area contributed by atoms with Crippen molar-refractivity contribution in [1.82, 2.24) is 9.80 Å².